The summed E-state index contributed by atoms with van der Waals surface area (Å²) >= 11 is 0. The largest absolute Gasteiger partial charge is 0.494 e. The molecule has 3 heterocycles. The van der Waals surface area contributed by atoms with Gasteiger partial charge in [0.2, 0.25) is 5.88 Å². The molecular formula is C19H21N5O4. The highest BCUT2D eigenvalue weighted by Crippen LogP contribution is 2.30. The van der Waals surface area contributed by atoms with Crippen molar-refractivity contribution >= 4 is 16.6 Å². The second-order valence-corrected chi connectivity index (χ2v) is 6.69. The number of para-hydroxylation sites is 1. The molecule has 0 bridgehead atoms. The number of ether oxygens (including phenoxy) is 1. The van der Waals surface area contributed by atoms with Gasteiger partial charge in [0.15, 0.2) is 0 Å². The van der Waals surface area contributed by atoms with Gasteiger partial charge in [-0.25, -0.2) is 4.79 Å². The van der Waals surface area contributed by atoms with Gasteiger partial charge in [-0.15, -0.1) is 0 Å². The Morgan fingerprint density at radius 3 is 2.96 bits per heavy atom. The molecule has 0 saturated heterocycles. The second kappa shape index (κ2) is 7.35. The van der Waals surface area contributed by atoms with Crippen molar-refractivity contribution in [3.05, 3.63) is 62.4 Å². The fraction of sp³-hybridized carbons (Fsp3) is 0.316. The zero-order valence-corrected chi connectivity index (χ0v) is 15.4. The summed E-state index contributed by atoms with van der Waals surface area (Å²) in [5, 5.41) is 15.9. The van der Waals surface area contributed by atoms with Crippen molar-refractivity contribution in [1.29, 1.82) is 0 Å². The maximum atomic E-state index is 12.4. The standard InChI is InChI=1S/C19H21N5O4/c1-28-8-4-7-24-18(26)16(17(25)21-19(24)27)15-9-14(22-23-15)12-10-20-13-6-3-2-5-11(12)13/h2-3,5-6,10,14,20,22,26H,4,7-9H2,1H3,(H,21,25,27). The molecule has 1 atom stereocenters. The Bertz CT molecular complexity index is 1160. The predicted octanol–water partition coefficient (Wildman–Crippen LogP) is 1.20. The number of aromatic amines is 2. The van der Waals surface area contributed by atoms with Gasteiger partial charge in [0.25, 0.3) is 5.56 Å². The molecule has 4 rings (SSSR count). The van der Waals surface area contributed by atoms with E-state index in [2.05, 4.69) is 20.5 Å². The van der Waals surface area contributed by atoms with Gasteiger partial charge in [-0.05, 0) is 12.5 Å². The highest BCUT2D eigenvalue weighted by molar-refractivity contribution is 6.03. The van der Waals surface area contributed by atoms with Gasteiger partial charge in [0.05, 0.1) is 11.8 Å². The van der Waals surface area contributed by atoms with Crippen molar-refractivity contribution < 1.29 is 9.84 Å². The average Bonchev–Trinajstić information content (AvgIpc) is 3.31. The number of benzene rings is 1. The molecule has 0 amide bonds. The molecule has 1 aliphatic heterocycles. The van der Waals surface area contributed by atoms with Crippen LogP contribution in [0.5, 0.6) is 5.88 Å². The van der Waals surface area contributed by atoms with Crippen molar-refractivity contribution in [1.82, 2.24) is 20.0 Å². The van der Waals surface area contributed by atoms with Crippen LogP contribution in [-0.4, -0.2) is 39.1 Å². The fourth-order valence-corrected chi connectivity index (χ4v) is 3.55. The van der Waals surface area contributed by atoms with E-state index in [1.807, 2.05) is 30.5 Å². The fourth-order valence-electron chi connectivity index (χ4n) is 3.55. The lowest BCUT2D eigenvalue weighted by molar-refractivity contribution is 0.188. The van der Waals surface area contributed by atoms with Crippen LogP contribution in [0.2, 0.25) is 0 Å². The van der Waals surface area contributed by atoms with Crippen molar-refractivity contribution in [2.75, 3.05) is 13.7 Å². The Labute approximate surface area is 159 Å². The Morgan fingerprint density at radius 2 is 2.14 bits per heavy atom. The number of nitrogens with one attached hydrogen (secondary N) is 3. The minimum absolute atomic E-state index is 0.0202. The van der Waals surface area contributed by atoms with Crippen LogP contribution in [0.15, 0.2) is 45.2 Å². The number of aromatic nitrogens is 3. The number of aromatic hydroxyl groups is 1. The van der Waals surface area contributed by atoms with Gasteiger partial charge in [-0.1, -0.05) is 18.2 Å². The predicted molar refractivity (Wildman–Crippen MR) is 105 cm³/mol. The molecule has 1 unspecified atom stereocenters. The van der Waals surface area contributed by atoms with E-state index >= 15 is 0 Å². The maximum Gasteiger partial charge on any atom is 0.331 e. The zero-order valence-electron chi connectivity index (χ0n) is 15.4. The molecule has 3 aromatic rings. The number of hydrogen-bond donors (Lipinski definition) is 4. The third-order valence-electron chi connectivity index (χ3n) is 4.94. The first-order chi connectivity index (χ1) is 13.6. The molecule has 2 aromatic heterocycles. The van der Waals surface area contributed by atoms with E-state index in [1.165, 1.54) is 0 Å². The molecule has 9 heteroatoms. The van der Waals surface area contributed by atoms with E-state index in [4.69, 9.17) is 4.74 Å². The Morgan fingerprint density at radius 1 is 1.32 bits per heavy atom. The highest BCUT2D eigenvalue weighted by atomic mass is 16.5. The summed E-state index contributed by atoms with van der Waals surface area (Å²) in [6.07, 6.45) is 2.85. The van der Waals surface area contributed by atoms with Crippen LogP contribution >= 0.6 is 0 Å². The molecule has 0 saturated carbocycles. The highest BCUT2D eigenvalue weighted by Gasteiger charge is 2.28. The number of hydrogen-bond acceptors (Lipinski definition) is 6. The van der Waals surface area contributed by atoms with Gasteiger partial charge in [0, 0.05) is 49.3 Å². The van der Waals surface area contributed by atoms with Crippen molar-refractivity contribution in [3.8, 4) is 5.88 Å². The number of fused-ring (bicyclic) bond motifs is 1. The SMILES string of the molecule is COCCCn1c(O)c(C2=NNC(c3c[nH]c4ccccc34)C2)c(=O)[nH]c1=O. The summed E-state index contributed by atoms with van der Waals surface area (Å²) < 4.78 is 6.12. The minimum Gasteiger partial charge on any atom is -0.494 e. The van der Waals surface area contributed by atoms with E-state index in [9.17, 15) is 14.7 Å². The molecule has 0 aliphatic carbocycles. The van der Waals surface area contributed by atoms with Crippen LogP contribution in [0, 0.1) is 0 Å². The summed E-state index contributed by atoms with van der Waals surface area (Å²) in [6, 6.07) is 7.78. The number of rotatable bonds is 6. The number of nitrogens with zero attached hydrogens (tertiary/aromatic N) is 2. The lowest BCUT2D eigenvalue weighted by Crippen LogP contribution is -2.34. The summed E-state index contributed by atoms with van der Waals surface area (Å²) in [6.45, 7) is 0.667. The summed E-state index contributed by atoms with van der Waals surface area (Å²) in [5.41, 5.74) is 4.21. The van der Waals surface area contributed by atoms with Gasteiger partial charge in [-0.3, -0.25) is 14.3 Å². The van der Waals surface area contributed by atoms with Crippen molar-refractivity contribution in [2.45, 2.75) is 25.4 Å². The lowest BCUT2D eigenvalue weighted by atomic mass is 9.99. The molecule has 146 valence electrons. The third kappa shape index (κ3) is 3.09. The van der Waals surface area contributed by atoms with Crippen molar-refractivity contribution in [2.24, 2.45) is 5.10 Å². The Hall–Kier alpha value is -3.33. The Balaban J connectivity index is 1.64. The zero-order chi connectivity index (χ0) is 19.7. The molecule has 1 aromatic carbocycles. The average molecular weight is 383 g/mol. The molecule has 9 nitrogen and oxygen atoms in total. The second-order valence-electron chi connectivity index (χ2n) is 6.69. The molecule has 4 N–H and O–H groups in total. The molecule has 0 radical (unpaired) electrons. The van der Waals surface area contributed by atoms with Gasteiger partial charge < -0.3 is 20.3 Å². The van der Waals surface area contributed by atoms with Crippen LogP contribution in [0.1, 0.15) is 30.0 Å². The quantitative estimate of drug-likeness (QED) is 0.476. The van der Waals surface area contributed by atoms with E-state index in [0.717, 1.165) is 21.0 Å². The van der Waals surface area contributed by atoms with Gasteiger partial charge in [-0.2, -0.15) is 5.10 Å². The lowest BCUT2D eigenvalue weighted by Gasteiger charge is -2.11. The van der Waals surface area contributed by atoms with Crippen LogP contribution in [0.4, 0.5) is 0 Å². The molecular weight excluding hydrogens is 362 g/mol. The van der Waals surface area contributed by atoms with E-state index in [-0.39, 0.29) is 24.0 Å². The first-order valence-electron chi connectivity index (χ1n) is 9.03. The van der Waals surface area contributed by atoms with E-state index in [0.29, 0.717) is 25.2 Å². The smallest absolute Gasteiger partial charge is 0.331 e. The van der Waals surface area contributed by atoms with E-state index in [1.54, 1.807) is 7.11 Å². The van der Waals surface area contributed by atoms with Crippen LogP contribution in [-0.2, 0) is 11.3 Å². The summed E-state index contributed by atoms with van der Waals surface area (Å²) in [7, 11) is 1.56. The van der Waals surface area contributed by atoms with Crippen molar-refractivity contribution in [3.63, 3.8) is 0 Å². The monoisotopic (exact) mass is 383 g/mol. The first-order valence-corrected chi connectivity index (χ1v) is 9.03. The molecule has 0 fully saturated rings. The normalized spacial score (nSPS) is 16.3. The van der Waals surface area contributed by atoms with Gasteiger partial charge >= 0.3 is 5.69 Å². The van der Waals surface area contributed by atoms with Crippen LogP contribution in [0.25, 0.3) is 10.9 Å². The summed E-state index contributed by atoms with van der Waals surface area (Å²) in [5.74, 6) is -0.370. The van der Waals surface area contributed by atoms with E-state index < -0.39 is 11.2 Å². The first kappa shape index (κ1) is 18.1. The maximum absolute atomic E-state index is 12.4. The number of hydrazone groups is 1. The third-order valence-corrected chi connectivity index (χ3v) is 4.94. The molecule has 0 spiro atoms. The number of H-pyrrole nitrogens is 2. The van der Waals surface area contributed by atoms with Crippen LogP contribution < -0.4 is 16.7 Å². The van der Waals surface area contributed by atoms with Crippen LogP contribution in [0.3, 0.4) is 0 Å². The van der Waals surface area contributed by atoms with Gasteiger partial charge in [0.1, 0.15) is 5.56 Å². The summed E-state index contributed by atoms with van der Waals surface area (Å²) in [4.78, 5) is 29.9. The number of methoxy groups -OCH3 is 1. The Kier molecular flexibility index (Phi) is 4.74. The topological polar surface area (TPSA) is 124 Å². The minimum atomic E-state index is -0.651. The molecule has 1 aliphatic rings. The molecule has 28 heavy (non-hydrogen) atoms.